The molecular formula is C27H24F4O9. The molecule has 1 saturated heterocycles. The predicted molar refractivity (Wildman–Crippen MR) is 125 cm³/mol. The van der Waals surface area contributed by atoms with Crippen LogP contribution in [0.2, 0.25) is 0 Å². The molecule has 1 unspecified atom stereocenters. The first-order chi connectivity index (χ1) is 18.7. The molecule has 2 heterocycles. The van der Waals surface area contributed by atoms with E-state index >= 15 is 17.6 Å². The van der Waals surface area contributed by atoms with Gasteiger partial charge >= 0.3 is 5.97 Å². The topological polar surface area (TPSA) is 143 Å². The summed E-state index contributed by atoms with van der Waals surface area (Å²) in [6.45, 7) is 3.61. The molecule has 13 heteroatoms. The number of esters is 1. The third-order valence-corrected chi connectivity index (χ3v) is 7.30. The summed E-state index contributed by atoms with van der Waals surface area (Å²) in [6.07, 6.45) is -9.62. The highest BCUT2D eigenvalue weighted by molar-refractivity contribution is 6.10. The van der Waals surface area contributed by atoms with Crippen LogP contribution in [0.15, 0.2) is 29.8 Å². The minimum atomic E-state index is -2.63. The number of ketones is 1. The molecule has 214 valence electrons. The Kier molecular flexibility index (Phi) is 6.69. The molecule has 2 aromatic rings. The summed E-state index contributed by atoms with van der Waals surface area (Å²) in [6, 6.07) is 5.93. The third kappa shape index (κ3) is 4.24. The van der Waals surface area contributed by atoms with Gasteiger partial charge in [-0.2, -0.15) is 8.78 Å². The number of hydrogen-bond acceptors (Lipinski definition) is 9. The number of benzene rings is 2. The lowest BCUT2D eigenvalue weighted by Gasteiger charge is -2.41. The summed E-state index contributed by atoms with van der Waals surface area (Å²) in [5.41, 5.74) is -4.32. The minimum Gasteiger partial charge on any atom is -0.487 e. The summed E-state index contributed by atoms with van der Waals surface area (Å²) in [5.74, 6) is -12.3. The molecule has 2 aromatic carbocycles. The summed E-state index contributed by atoms with van der Waals surface area (Å²) in [4.78, 5) is 25.1. The van der Waals surface area contributed by atoms with Gasteiger partial charge in [-0.15, -0.1) is 0 Å². The van der Waals surface area contributed by atoms with Crippen LogP contribution < -0.4 is 4.74 Å². The van der Waals surface area contributed by atoms with E-state index in [0.717, 1.165) is 0 Å². The Bertz CT molecular complexity index is 1430. The Morgan fingerprint density at radius 1 is 0.975 bits per heavy atom. The van der Waals surface area contributed by atoms with Gasteiger partial charge in [0.05, 0.1) is 0 Å². The standard InChI is InChI=1S/C27H24F4O9/c1-26(2)8-7-11-21(40-26)10-5-3-4-6-13(10)27(37,23(11)35)9-12-14(28)16(30)22(17(31)15(12)29)38-25-20(34)18(32)19(33)24(36)39-25/h3-6,18-20,25,32-34,37H,7-9H2,1-2H3/t18-,19+,20-,25+,27?/m1/s1. The van der Waals surface area contributed by atoms with E-state index in [4.69, 9.17) is 4.74 Å². The van der Waals surface area contributed by atoms with Gasteiger partial charge in [0.1, 0.15) is 17.5 Å². The zero-order valence-electron chi connectivity index (χ0n) is 21.1. The molecule has 2 aliphatic heterocycles. The molecule has 3 aliphatic rings. The fourth-order valence-corrected chi connectivity index (χ4v) is 5.07. The zero-order chi connectivity index (χ0) is 29.3. The van der Waals surface area contributed by atoms with Gasteiger partial charge in [0.25, 0.3) is 6.29 Å². The maximum Gasteiger partial charge on any atom is 0.340 e. The van der Waals surface area contributed by atoms with Gasteiger partial charge in [0.2, 0.25) is 17.4 Å². The molecule has 9 nitrogen and oxygen atoms in total. The van der Waals surface area contributed by atoms with Gasteiger partial charge in [0, 0.05) is 28.7 Å². The Morgan fingerprint density at radius 3 is 2.25 bits per heavy atom. The predicted octanol–water partition coefficient (Wildman–Crippen LogP) is 1.90. The second-order valence-corrected chi connectivity index (χ2v) is 10.5. The molecule has 0 bridgehead atoms. The molecule has 0 saturated carbocycles. The number of halogens is 4. The third-order valence-electron chi connectivity index (χ3n) is 7.30. The molecule has 0 amide bonds. The highest BCUT2D eigenvalue weighted by Crippen LogP contribution is 2.48. The highest BCUT2D eigenvalue weighted by atomic mass is 19.2. The Labute approximate surface area is 224 Å². The monoisotopic (exact) mass is 568 g/mol. The molecule has 1 fully saturated rings. The normalized spacial score (nSPS) is 29.4. The van der Waals surface area contributed by atoms with Crippen LogP contribution in [0.3, 0.4) is 0 Å². The number of fused-ring (bicyclic) bond motifs is 2. The number of cyclic esters (lactones) is 1. The van der Waals surface area contributed by atoms with Crippen LogP contribution in [0.4, 0.5) is 17.6 Å². The van der Waals surface area contributed by atoms with Crippen LogP contribution in [0, 0.1) is 23.3 Å². The molecule has 4 N–H and O–H groups in total. The Morgan fingerprint density at radius 2 is 1.60 bits per heavy atom. The molecular weight excluding hydrogens is 544 g/mol. The van der Waals surface area contributed by atoms with Crippen LogP contribution in [0.25, 0.3) is 5.76 Å². The van der Waals surface area contributed by atoms with Crippen LogP contribution in [-0.4, -0.2) is 62.4 Å². The number of ether oxygens (including phenoxy) is 3. The van der Waals surface area contributed by atoms with Crippen molar-refractivity contribution in [1.29, 1.82) is 0 Å². The number of carbonyl (C=O) groups excluding carboxylic acids is 2. The van der Waals surface area contributed by atoms with Crippen LogP contribution in [0.5, 0.6) is 5.75 Å². The molecule has 40 heavy (non-hydrogen) atoms. The lowest BCUT2D eigenvalue weighted by atomic mass is 9.71. The van der Waals surface area contributed by atoms with Crippen molar-refractivity contribution < 1.29 is 61.8 Å². The van der Waals surface area contributed by atoms with E-state index in [2.05, 4.69) is 9.47 Å². The largest absolute Gasteiger partial charge is 0.487 e. The van der Waals surface area contributed by atoms with Gasteiger partial charge in [-0.1, -0.05) is 24.3 Å². The van der Waals surface area contributed by atoms with E-state index in [9.17, 15) is 30.0 Å². The number of aliphatic hydroxyl groups is 4. The average Bonchev–Trinajstić information content (AvgIpc) is 2.92. The Balaban J connectivity index is 1.54. The maximum atomic E-state index is 15.3. The van der Waals surface area contributed by atoms with Crippen molar-refractivity contribution in [1.82, 2.24) is 0 Å². The molecule has 0 radical (unpaired) electrons. The number of carbonyl (C=O) groups is 2. The van der Waals surface area contributed by atoms with Crippen LogP contribution in [0.1, 0.15) is 43.4 Å². The zero-order valence-corrected chi connectivity index (χ0v) is 21.1. The van der Waals surface area contributed by atoms with Crippen molar-refractivity contribution >= 4 is 17.5 Å². The highest BCUT2D eigenvalue weighted by Gasteiger charge is 2.51. The number of rotatable bonds is 4. The summed E-state index contributed by atoms with van der Waals surface area (Å²) in [5, 5.41) is 40.7. The van der Waals surface area contributed by atoms with Gasteiger partial charge in [0.15, 0.2) is 35.2 Å². The number of Topliss-reactive ketones (excluding diaryl/α,β-unsaturated/α-hetero) is 1. The molecule has 0 aromatic heterocycles. The number of aliphatic hydroxyl groups excluding tert-OH is 3. The second kappa shape index (κ2) is 9.54. The van der Waals surface area contributed by atoms with E-state index < -0.39 is 88.6 Å². The SMILES string of the molecule is CC1(C)CCC2=C(O1)c1ccccc1C(O)(Cc1c(F)c(F)c(O[C@H]3OC(=O)[C@@H](O)[C@@H](O)[C@H]3O)c(F)c1F)C2=O. The fourth-order valence-electron chi connectivity index (χ4n) is 5.07. The number of hydrogen-bond donors (Lipinski definition) is 4. The van der Waals surface area contributed by atoms with Crippen molar-refractivity contribution in [2.45, 2.75) is 68.9 Å². The van der Waals surface area contributed by atoms with Crippen molar-refractivity contribution in [2.24, 2.45) is 0 Å². The quantitative estimate of drug-likeness (QED) is 0.247. The van der Waals surface area contributed by atoms with E-state index in [1.54, 1.807) is 19.9 Å². The van der Waals surface area contributed by atoms with Crippen molar-refractivity contribution in [3.8, 4) is 5.75 Å². The van der Waals surface area contributed by atoms with Crippen LogP contribution in [-0.2, 0) is 31.1 Å². The second-order valence-electron chi connectivity index (χ2n) is 10.5. The first-order valence-electron chi connectivity index (χ1n) is 12.2. The molecule has 0 spiro atoms. The van der Waals surface area contributed by atoms with Crippen molar-refractivity contribution in [2.75, 3.05) is 0 Å². The van der Waals surface area contributed by atoms with Crippen LogP contribution >= 0.6 is 0 Å². The van der Waals surface area contributed by atoms with E-state index in [-0.39, 0.29) is 28.9 Å². The summed E-state index contributed by atoms with van der Waals surface area (Å²) in [7, 11) is 0. The van der Waals surface area contributed by atoms with Crippen molar-refractivity contribution in [3.05, 3.63) is 69.8 Å². The van der Waals surface area contributed by atoms with E-state index in [1.165, 1.54) is 18.2 Å². The van der Waals surface area contributed by atoms with E-state index in [0.29, 0.717) is 6.42 Å². The molecule has 1 aliphatic carbocycles. The van der Waals surface area contributed by atoms with Gasteiger partial charge in [-0.05, 0) is 26.7 Å². The van der Waals surface area contributed by atoms with Crippen molar-refractivity contribution in [3.63, 3.8) is 0 Å². The fraction of sp³-hybridized carbons (Fsp3) is 0.407. The first kappa shape index (κ1) is 28.0. The smallest absolute Gasteiger partial charge is 0.340 e. The molecule has 5 rings (SSSR count). The maximum absolute atomic E-state index is 15.3. The summed E-state index contributed by atoms with van der Waals surface area (Å²) < 4.78 is 75.7. The molecule has 5 atom stereocenters. The lowest BCUT2D eigenvalue weighted by molar-refractivity contribution is -0.235. The van der Waals surface area contributed by atoms with E-state index in [1.807, 2.05) is 0 Å². The van der Waals surface area contributed by atoms with Gasteiger partial charge < -0.3 is 34.6 Å². The lowest BCUT2D eigenvalue weighted by Crippen LogP contribution is -2.57. The summed E-state index contributed by atoms with van der Waals surface area (Å²) >= 11 is 0. The first-order valence-corrected chi connectivity index (χ1v) is 12.2. The van der Waals surface area contributed by atoms with Gasteiger partial charge in [-0.3, -0.25) is 4.79 Å². The minimum absolute atomic E-state index is 0.0658. The average molecular weight is 568 g/mol. The Hall–Kier alpha value is -3.52. The van der Waals surface area contributed by atoms with Gasteiger partial charge in [-0.25, -0.2) is 13.6 Å².